The van der Waals surface area contributed by atoms with Gasteiger partial charge in [-0.2, -0.15) is 9.78 Å². The van der Waals surface area contributed by atoms with Crippen molar-refractivity contribution in [3.05, 3.63) is 71.7 Å². The maximum Gasteiger partial charge on any atom is 0.344 e. The number of rotatable bonds is 7. The number of hydrogen-bond donors (Lipinski definition) is 0. The summed E-state index contributed by atoms with van der Waals surface area (Å²) in [5.74, 6) is -0.638. The van der Waals surface area contributed by atoms with E-state index in [0.717, 1.165) is 10.7 Å². The fourth-order valence-corrected chi connectivity index (χ4v) is 3.42. The molecule has 3 aromatic rings. The van der Waals surface area contributed by atoms with E-state index < -0.39 is 28.7 Å². The molecule has 0 aliphatic heterocycles. The molecule has 0 radical (unpaired) electrons. The number of aryl methyl sites for hydroxylation is 1. The van der Waals surface area contributed by atoms with Crippen LogP contribution in [-0.4, -0.2) is 40.0 Å². The Morgan fingerprint density at radius 3 is 2.81 bits per heavy atom. The summed E-state index contributed by atoms with van der Waals surface area (Å²) in [7, 11) is 0. The second kappa shape index (κ2) is 9.88. The normalized spacial score (nSPS) is 11.1. The molecule has 10 nitrogen and oxygen atoms in total. The van der Waals surface area contributed by atoms with E-state index in [9.17, 15) is 19.7 Å². The molecule has 1 aromatic heterocycles. The average Bonchev–Trinajstić information content (AvgIpc) is 2.73. The lowest BCUT2D eigenvalue weighted by molar-refractivity contribution is -0.385. The van der Waals surface area contributed by atoms with Gasteiger partial charge in [0, 0.05) is 21.1 Å². The van der Waals surface area contributed by atoms with E-state index in [1.165, 1.54) is 12.3 Å². The maximum atomic E-state index is 12.9. The summed E-state index contributed by atoms with van der Waals surface area (Å²) >= 11 is 9.34. The van der Waals surface area contributed by atoms with Crippen molar-refractivity contribution in [1.82, 2.24) is 9.66 Å². The fraction of sp³-hybridized carbons (Fsp3) is 0.200. The largest absolute Gasteiger partial charge is 0.474 e. The molecule has 0 bridgehead atoms. The molecule has 0 fully saturated rings. The Hall–Kier alpha value is -3.31. The summed E-state index contributed by atoms with van der Waals surface area (Å²) in [4.78, 5) is 39.7. The number of fused-ring (bicyclic) bond motifs is 1. The molecular weight excluding hydrogens is 508 g/mol. The van der Waals surface area contributed by atoms with Gasteiger partial charge in [-0.15, -0.1) is 0 Å². The maximum absolute atomic E-state index is 12.9. The number of esters is 1. The van der Waals surface area contributed by atoms with E-state index in [1.54, 1.807) is 32.0 Å². The highest BCUT2D eigenvalue weighted by Gasteiger charge is 2.22. The van der Waals surface area contributed by atoms with Gasteiger partial charge in [0.05, 0.1) is 28.6 Å². The number of hydrogen-bond acceptors (Lipinski definition) is 8. The predicted octanol–water partition coefficient (Wildman–Crippen LogP) is 3.85. The molecule has 0 N–H and O–H groups in total. The zero-order valence-electron chi connectivity index (χ0n) is 16.9. The second-order valence-corrected chi connectivity index (χ2v) is 7.73. The predicted molar refractivity (Wildman–Crippen MR) is 122 cm³/mol. The van der Waals surface area contributed by atoms with Crippen LogP contribution in [0.2, 0.25) is 5.02 Å². The molecule has 0 saturated heterocycles. The third kappa shape index (κ3) is 5.11. The molecule has 3 rings (SSSR count). The number of ether oxygens (including phenoxy) is 2. The van der Waals surface area contributed by atoms with Crippen LogP contribution in [0.4, 0.5) is 5.69 Å². The van der Waals surface area contributed by atoms with E-state index in [4.69, 9.17) is 21.1 Å². The lowest BCUT2D eigenvalue weighted by Gasteiger charge is -2.10. The third-order valence-corrected chi connectivity index (χ3v) is 4.89. The first-order chi connectivity index (χ1) is 15.2. The van der Waals surface area contributed by atoms with Crippen LogP contribution >= 0.6 is 27.5 Å². The van der Waals surface area contributed by atoms with Crippen LogP contribution in [0.25, 0.3) is 10.9 Å². The van der Waals surface area contributed by atoms with E-state index in [-0.39, 0.29) is 22.9 Å². The first kappa shape index (κ1) is 23.4. The van der Waals surface area contributed by atoms with E-state index in [0.29, 0.717) is 21.2 Å². The monoisotopic (exact) mass is 522 g/mol. The third-order valence-electron chi connectivity index (χ3n) is 4.18. The summed E-state index contributed by atoms with van der Waals surface area (Å²) in [6.07, 6.45) is 1.18. The van der Waals surface area contributed by atoms with Gasteiger partial charge in [0.1, 0.15) is 5.82 Å². The number of halogens is 2. The Morgan fingerprint density at radius 2 is 2.12 bits per heavy atom. The quantitative estimate of drug-likeness (QED) is 0.199. The number of benzene rings is 2. The highest BCUT2D eigenvalue weighted by atomic mass is 79.9. The molecule has 1 heterocycles. The zero-order chi connectivity index (χ0) is 23.4. The molecule has 0 saturated carbocycles. The van der Waals surface area contributed by atoms with Crippen LogP contribution in [0, 0.1) is 17.0 Å². The van der Waals surface area contributed by atoms with Crippen molar-refractivity contribution in [3.63, 3.8) is 0 Å². The number of nitro groups is 1. The van der Waals surface area contributed by atoms with Crippen molar-refractivity contribution >= 4 is 56.3 Å². The van der Waals surface area contributed by atoms with Crippen molar-refractivity contribution in [2.45, 2.75) is 13.8 Å². The van der Waals surface area contributed by atoms with Crippen molar-refractivity contribution < 1.29 is 19.2 Å². The Labute approximate surface area is 194 Å². The second-order valence-electron chi connectivity index (χ2n) is 6.38. The Morgan fingerprint density at radius 1 is 1.38 bits per heavy atom. The molecule has 0 spiro atoms. The van der Waals surface area contributed by atoms with Crippen LogP contribution < -0.4 is 10.3 Å². The molecule has 166 valence electrons. The van der Waals surface area contributed by atoms with Crippen LogP contribution in [0.5, 0.6) is 5.75 Å². The Kier molecular flexibility index (Phi) is 7.21. The molecule has 32 heavy (non-hydrogen) atoms. The van der Waals surface area contributed by atoms with E-state index in [2.05, 4.69) is 26.0 Å². The summed E-state index contributed by atoms with van der Waals surface area (Å²) in [6, 6.07) is 7.54. The van der Waals surface area contributed by atoms with Crippen LogP contribution in [0.15, 0.2) is 44.7 Å². The summed E-state index contributed by atoms with van der Waals surface area (Å²) in [5.41, 5.74) is -0.309. The van der Waals surface area contributed by atoms with E-state index >= 15 is 0 Å². The van der Waals surface area contributed by atoms with Gasteiger partial charge in [0.15, 0.2) is 6.61 Å². The molecule has 0 aliphatic carbocycles. The lowest BCUT2D eigenvalue weighted by Crippen LogP contribution is -2.21. The molecule has 0 aliphatic rings. The van der Waals surface area contributed by atoms with Crippen molar-refractivity contribution in [2.75, 3.05) is 13.2 Å². The van der Waals surface area contributed by atoms with Gasteiger partial charge < -0.3 is 9.47 Å². The highest BCUT2D eigenvalue weighted by molar-refractivity contribution is 9.10. The number of carbonyl (C=O) groups is 1. The number of carbonyl (C=O) groups excluding carboxylic acids is 1. The Bertz CT molecular complexity index is 1310. The molecule has 2 aromatic carbocycles. The van der Waals surface area contributed by atoms with Crippen LogP contribution in [0.1, 0.15) is 18.3 Å². The summed E-state index contributed by atoms with van der Waals surface area (Å²) in [5, 5.41) is 16.0. The fourth-order valence-electron chi connectivity index (χ4n) is 2.84. The molecule has 0 unspecified atom stereocenters. The molecular formula is C20H16BrClN4O6. The van der Waals surface area contributed by atoms with Crippen molar-refractivity contribution in [2.24, 2.45) is 5.10 Å². The van der Waals surface area contributed by atoms with E-state index in [1.807, 2.05) is 0 Å². The van der Waals surface area contributed by atoms with Gasteiger partial charge in [0.25, 0.3) is 5.56 Å². The van der Waals surface area contributed by atoms with Gasteiger partial charge in [-0.25, -0.2) is 9.78 Å². The standard InChI is InChI=1S/C20H16BrClN4O6/c1-3-31-18(27)10-32-19-12(6-14(22)8-17(19)26(29)30)9-23-25-11(2)24-16-5-4-13(21)7-15(16)20(25)28/h4-9H,3,10H2,1-2H3. The number of nitro benzene ring substituents is 1. The van der Waals surface area contributed by atoms with Gasteiger partial charge in [-0.05, 0) is 38.1 Å². The minimum Gasteiger partial charge on any atom is -0.474 e. The molecule has 0 atom stereocenters. The van der Waals surface area contributed by atoms with Gasteiger partial charge in [-0.3, -0.25) is 14.9 Å². The zero-order valence-corrected chi connectivity index (χ0v) is 19.2. The van der Waals surface area contributed by atoms with Gasteiger partial charge in [-0.1, -0.05) is 27.5 Å². The minimum atomic E-state index is -0.698. The van der Waals surface area contributed by atoms with Crippen LogP contribution in [0.3, 0.4) is 0 Å². The first-order valence-electron chi connectivity index (χ1n) is 9.21. The number of aromatic nitrogens is 2. The minimum absolute atomic E-state index is 0.0475. The lowest BCUT2D eigenvalue weighted by atomic mass is 10.2. The number of nitrogens with zero attached hydrogens (tertiary/aromatic N) is 4. The highest BCUT2D eigenvalue weighted by Crippen LogP contribution is 2.33. The van der Waals surface area contributed by atoms with Gasteiger partial charge in [0.2, 0.25) is 5.75 Å². The SMILES string of the molecule is CCOC(=O)COc1c(C=Nn2c(C)nc3ccc(Br)cc3c2=O)cc(Cl)cc1[N+](=O)[O-]. The van der Waals surface area contributed by atoms with Crippen molar-refractivity contribution in [3.8, 4) is 5.75 Å². The first-order valence-corrected chi connectivity index (χ1v) is 10.4. The van der Waals surface area contributed by atoms with Crippen LogP contribution in [-0.2, 0) is 9.53 Å². The van der Waals surface area contributed by atoms with Gasteiger partial charge >= 0.3 is 11.7 Å². The molecule has 12 heteroatoms. The summed E-state index contributed by atoms with van der Waals surface area (Å²) < 4.78 is 11.9. The smallest absolute Gasteiger partial charge is 0.344 e. The topological polar surface area (TPSA) is 126 Å². The average molecular weight is 524 g/mol. The molecule has 0 amide bonds. The van der Waals surface area contributed by atoms with Crippen molar-refractivity contribution in [1.29, 1.82) is 0 Å². The summed E-state index contributed by atoms with van der Waals surface area (Å²) in [6.45, 7) is 2.80. The Balaban J connectivity index is 2.09.